The van der Waals surface area contributed by atoms with Gasteiger partial charge in [0.25, 0.3) is 0 Å². The van der Waals surface area contributed by atoms with Gasteiger partial charge in [-0.15, -0.1) is 23.2 Å². The van der Waals surface area contributed by atoms with E-state index in [2.05, 4.69) is 13.2 Å². The van der Waals surface area contributed by atoms with Crippen molar-refractivity contribution in [2.75, 3.05) is 18.4 Å². The van der Waals surface area contributed by atoms with Crippen molar-refractivity contribution in [3.63, 3.8) is 0 Å². The minimum absolute atomic E-state index is 0.121. The normalized spacial score (nSPS) is 34.8. The number of ether oxygens (including phenoxy) is 3. The molecule has 8 atom stereocenters. The molecule has 37 heavy (non-hydrogen) atoms. The summed E-state index contributed by atoms with van der Waals surface area (Å²) in [5.41, 5.74) is -1.50. The number of halogens is 2. The van der Waals surface area contributed by atoms with Crippen LogP contribution in [-0.4, -0.2) is 75.1 Å². The second-order valence-corrected chi connectivity index (χ2v) is 10.9. The summed E-state index contributed by atoms with van der Waals surface area (Å²) >= 11 is 12.2. The molecule has 3 N–H and O–H groups in total. The molecule has 2 saturated carbocycles. The highest BCUT2D eigenvalue weighted by atomic mass is 35.5. The molecule has 1 aromatic carbocycles. The molecule has 1 saturated heterocycles. The van der Waals surface area contributed by atoms with Crippen LogP contribution in [0, 0.1) is 17.8 Å². The Morgan fingerprint density at radius 2 is 1.95 bits per heavy atom. The number of phenolic OH excluding ortho intramolecular Hbond substituents is 1. The fourth-order valence-electron chi connectivity index (χ4n) is 5.74. The van der Waals surface area contributed by atoms with Gasteiger partial charge >= 0.3 is 11.9 Å². The van der Waals surface area contributed by atoms with Crippen LogP contribution in [0.4, 0.5) is 0 Å². The molecule has 0 spiro atoms. The molecule has 0 radical (unpaired) electrons. The fourth-order valence-corrected chi connectivity index (χ4v) is 6.28. The Hall–Kier alpha value is -2.10. The first-order valence-corrected chi connectivity index (χ1v) is 13.2. The van der Waals surface area contributed by atoms with Crippen LogP contribution in [0.3, 0.4) is 0 Å². The fraction of sp³-hybridized carbons (Fsp3) is 0.556. The molecule has 10 heteroatoms. The van der Waals surface area contributed by atoms with E-state index < -0.39 is 59.2 Å². The van der Waals surface area contributed by atoms with Gasteiger partial charge in [-0.25, -0.2) is 9.59 Å². The summed E-state index contributed by atoms with van der Waals surface area (Å²) in [6, 6.07) is 6.64. The average Bonchev–Trinajstić information content (AvgIpc) is 3.27. The van der Waals surface area contributed by atoms with Gasteiger partial charge < -0.3 is 29.5 Å². The lowest BCUT2D eigenvalue weighted by molar-refractivity contribution is -0.177. The van der Waals surface area contributed by atoms with E-state index in [-0.39, 0.29) is 42.5 Å². The van der Waals surface area contributed by atoms with Gasteiger partial charge in [-0.3, -0.25) is 0 Å². The summed E-state index contributed by atoms with van der Waals surface area (Å²) < 4.78 is 17.4. The molecule has 3 aliphatic rings. The zero-order chi connectivity index (χ0) is 27.1. The monoisotopic (exact) mass is 554 g/mol. The number of aliphatic hydroxyl groups excluding tert-OH is 1. The van der Waals surface area contributed by atoms with E-state index in [0.717, 1.165) is 5.56 Å². The molecule has 1 heterocycles. The quantitative estimate of drug-likeness (QED) is 0.194. The van der Waals surface area contributed by atoms with Crippen molar-refractivity contribution in [3.05, 3.63) is 54.1 Å². The number of rotatable bonds is 8. The van der Waals surface area contributed by atoms with Gasteiger partial charge in [-0.2, -0.15) is 0 Å². The molecule has 202 valence electrons. The van der Waals surface area contributed by atoms with E-state index in [4.69, 9.17) is 37.4 Å². The second-order valence-electron chi connectivity index (χ2n) is 10.4. The minimum atomic E-state index is -1.70. The van der Waals surface area contributed by atoms with Gasteiger partial charge in [-0.05, 0) is 43.4 Å². The van der Waals surface area contributed by atoms with E-state index >= 15 is 0 Å². The SMILES string of the molecule is C=C1C(=O)O[C@H]2[C@H]1[C@@H](OC(=O)[C@@](C)(CCl)OCCc1ccc(O)cc1)CC(=C)[C@@H]1C[C@H](O)[C@](O)(CCl)[C@H]21. The van der Waals surface area contributed by atoms with Gasteiger partial charge in [0, 0.05) is 17.9 Å². The lowest BCUT2D eigenvalue weighted by Gasteiger charge is -2.37. The lowest BCUT2D eigenvalue weighted by atomic mass is 9.76. The molecule has 0 unspecified atom stereocenters. The summed E-state index contributed by atoms with van der Waals surface area (Å²) in [6.07, 6.45) is -2.03. The van der Waals surface area contributed by atoms with Crippen LogP contribution >= 0.6 is 23.2 Å². The molecule has 8 nitrogen and oxygen atoms in total. The highest BCUT2D eigenvalue weighted by Gasteiger charge is 2.64. The van der Waals surface area contributed by atoms with E-state index in [1.165, 1.54) is 6.92 Å². The number of aromatic hydroxyl groups is 1. The average molecular weight is 555 g/mol. The maximum atomic E-state index is 13.4. The van der Waals surface area contributed by atoms with Crippen molar-refractivity contribution in [1.29, 1.82) is 0 Å². The third-order valence-corrected chi connectivity index (χ3v) is 8.91. The number of alkyl halides is 2. The van der Waals surface area contributed by atoms with Crippen molar-refractivity contribution in [2.24, 2.45) is 17.8 Å². The summed E-state index contributed by atoms with van der Waals surface area (Å²) in [5.74, 6) is -3.54. The van der Waals surface area contributed by atoms with Gasteiger partial charge in [0.05, 0.1) is 30.4 Å². The molecular weight excluding hydrogens is 523 g/mol. The molecule has 2 aliphatic carbocycles. The van der Waals surface area contributed by atoms with Crippen molar-refractivity contribution in [1.82, 2.24) is 0 Å². The molecule has 4 rings (SSSR count). The van der Waals surface area contributed by atoms with E-state index in [1.807, 2.05) is 0 Å². The number of carbonyl (C=O) groups excluding carboxylic acids is 2. The number of hydrogen-bond acceptors (Lipinski definition) is 8. The van der Waals surface area contributed by atoms with E-state index in [0.29, 0.717) is 12.0 Å². The van der Waals surface area contributed by atoms with Gasteiger partial charge in [0.2, 0.25) is 0 Å². The number of benzene rings is 1. The minimum Gasteiger partial charge on any atom is -0.508 e. The molecule has 1 aromatic rings. The predicted molar refractivity (Wildman–Crippen MR) is 136 cm³/mol. The Bertz CT molecular complexity index is 1070. The maximum absolute atomic E-state index is 13.4. The van der Waals surface area contributed by atoms with Crippen LogP contribution in [0.2, 0.25) is 0 Å². The van der Waals surface area contributed by atoms with Crippen LogP contribution < -0.4 is 0 Å². The molecule has 1 aliphatic heterocycles. The molecule has 3 fully saturated rings. The number of phenols is 1. The van der Waals surface area contributed by atoms with Gasteiger partial charge in [-0.1, -0.05) is 30.9 Å². The third-order valence-electron chi connectivity index (χ3n) is 7.98. The standard InChI is InChI=1S/C27H32Cl2O8/c1-14-10-19(36-25(33)26(3,12-28)35-9-8-16-4-6-17(30)7-5-16)21-15(2)24(32)37-23(21)22-18(14)11-20(31)27(22,34)13-29/h4-7,18-23,30-31,34H,1-2,8-13H2,3H3/t18-,19-,20-,21+,22-,23-,26+,27+/m0/s1. The first-order chi connectivity index (χ1) is 17.4. The van der Waals surface area contributed by atoms with Crippen molar-refractivity contribution in [2.45, 2.75) is 55.7 Å². The van der Waals surface area contributed by atoms with Crippen LogP contribution in [0.1, 0.15) is 25.3 Å². The Labute approximate surface area is 225 Å². The van der Waals surface area contributed by atoms with Crippen molar-refractivity contribution in [3.8, 4) is 5.75 Å². The summed E-state index contributed by atoms with van der Waals surface area (Å²) in [6.45, 7) is 9.73. The largest absolute Gasteiger partial charge is 0.508 e. The smallest absolute Gasteiger partial charge is 0.339 e. The lowest BCUT2D eigenvalue weighted by Crippen LogP contribution is -2.52. The van der Waals surface area contributed by atoms with Gasteiger partial charge in [0.1, 0.15) is 23.6 Å². The van der Waals surface area contributed by atoms with Crippen LogP contribution in [0.5, 0.6) is 5.75 Å². The number of fused-ring (bicyclic) bond motifs is 3. The zero-order valence-corrected chi connectivity index (χ0v) is 22.1. The molecule has 0 aromatic heterocycles. The molecule has 0 bridgehead atoms. The number of carbonyl (C=O) groups is 2. The summed E-state index contributed by atoms with van der Waals surface area (Å²) in [7, 11) is 0. The van der Waals surface area contributed by atoms with Crippen LogP contribution in [-0.2, 0) is 30.2 Å². The van der Waals surface area contributed by atoms with Crippen molar-refractivity contribution >= 4 is 35.1 Å². The number of hydrogen-bond donors (Lipinski definition) is 3. The highest BCUT2D eigenvalue weighted by molar-refractivity contribution is 6.20. The van der Waals surface area contributed by atoms with E-state index in [9.17, 15) is 24.9 Å². The maximum Gasteiger partial charge on any atom is 0.339 e. The Balaban J connectivity index is 1.53. The predicted octanol–water partition coefficient (Wildman–Crippen LogP) is 2.89. The zero-order valence-electron chi connectivity index (χ0n) is 20.6. The molecular formula is C27H32Cl2O8. The number of esters is 2. The number of aliphatic hydroxyl groups is 2. The van der Waals surface area contributed by atoms with Gasteiger partial charge in [0.15, 0.2) is 5.60 Å². The first-order valence-electron chi connectivity index (χ1n) is 12.2. The molecule has 0 amide bonds. The van der Waals surface area contributed by atoms with Crippen molar-refractivity contribution < 1.29 is 39.1 Å². The third kappa shape index (κ3) is 5.02. The second kappa shape index (κ2) is 10.6. The van der Waals surface area contributed by atoms with Crippen LogP contribution in [0.25, 0.3) is 0 Å². The Morgan fingerprint density at radius 1 is 1.27 bits per heavy atom. The highest BCUT2D eigenvalue weighted by Crippen LogP contribution is 2.55. The first kappa shape index (κ1) is 27.9. The topological polar surface area (TPSA) is 123 Å². The Kier molecular flexibility index (Phi) is 7.98. The summed E-state index contributed by atoms with van der Waals surface area (Å²) in [4.78, 5) is 25.9. The Morgan fingerprint density at radius 3 is 2.57 bits per heavy atom. The van der Waals surface area contributed by atoms with Crippen LogP contribution in [0.15, 0.2) is 48.6 Å². The summed E-state index contributed by atoms with van der Waals surface area (Å²) in [5, 5.41) is 31.3. The van der Waals surface area contributed by atoms with E-state index in [1.54, 1.807) is 24.3 Å².